The largest absolute Gasteiger partial charge is 0.345 e. The minimum Gasteiger partial charge on any atom is -0.345 e. The Morgan fingerprint density at radius 2 is 2.11 bits per heavy atom. The van der Waals surface area contributed by atoms with E-state index in [9.17, 15) is 0 Å². The van der Waals surface area contributed by atoms with E-state index in [1.54, 1.807) is 11.3 Å². The van der Waals surface area contributed by atoms with Crippen molar-refractivity contribution in [2.24, 2.45) is 5.73 Å². The first kappa shape index (κ1) is 13.3. The average Bonchev–Trinajstić information content (AvgIpc) is 2.87. The Balaban J connectivity index is 2.19. The van der Waals surface area contributed by atoms with Crippen molar-refractivity contribution in [3.8, 4) is 0 Å². The molecule has 0 aromatic carbocycles. The molecule has 4 heteroatoms. The van der Waals surface area contributed by atoms with Crippen LogP contribution >= 0.6 is 11.3 Å². The van der Waals surface area contributed by atoms with Crippen molar-refractivity contribution in [1.29, 1.82) is 0 Å². The van der Waals surface area contributed by atoms with Gasteiger partial charge in [0.25, 0.3) is 0 Å². The molecule has 0 saturated carbocycles. The number of nitrogens with two attached hydrogens (primary N) is 1. The van der Waals surface area contributed by atoms with Gasteiger partial charge in [-0.1, -0.05) is 20.8 Å². The molecule has 2 heterocycles. The first-order chi connectivity index (χ1) is 8.41. The second-order valence-electron chi connectivity index (χ2n) is 5.63. The van der Waals surface area contributed by atoms with E-state index in [1.165, 1.54) is 17.0 Å². The highest BCUT2D eigenvalue weighted by atomic mass is 32.1. The van der Waals surface area contributed by atoms with Crippen LogP contribution in [0.3, 0.4) is 0 Å². The van der Waals surface area contributed by atoms with E-state index < -0.39 is 0 Å². The molecule has 2 aromatic rings. The van der Waals surface area contributed by atoms with Crippen LogP contribution < -0.4 is 5.73 Å². The Labute approximate surface area is 113 Å². The topological polar surface area (TPSA) is 43.8 Å². The third-order valence-electron chi connectivity index (χ3n) is 3.20. The lowest BCUT2D eigenvalue weighted by Gasteiger charge is -2.14. The van der Waals surface area contributed by atoms with Crippen molar-refractivity contribution >= 4 is 11.3 Å². The summed E-state index contributed by atoms with van der Waals surface area (Å²) in [5.41, 5.74) is 9.44. The Morgan fingerprint density at radius 3 is 2.61 bits per heavy atom. The molecule has 98 valence electrons. The molecule has 3 nitrogen and oxygen atoms in total. The molecule has 0 bridgehead atoms. The van der Waals surface area contributed by atoms with Crippen LogP contribution in [0.1, 0.15) is 42.7 Å². The summed E-state index contributed by atoms with van der Waals surface area (Å²) in [5.74, 6) is 0. The van der Waals surface area contributed by atoms with E-state index in [-0.39, 0.29) is 5.41 Å². The van der Waals surface area contributed by atoms with E-state index in [2.05, 4.69) is 49.9 Å². The molecule has 0 saturated heterocycles. The monoisotopic (exact) mass is 263 g/mol. The van der Waals surface area contributed by atoms with Gasteiger partial charge in [0.15, 0.2) is 0 Å². The Hall–Kier alpha value is -1.13. The zero-order valence-corrected chi connectivity index (χ0v) is 12.3. The first-order valence-corrected chi connectivity index (χ1v) is 7.09. The predicted molar refractivity (Wildman–Crippen MR) is 77.0 cm³/mol. The van der Waals surface area contributed by atoms with Crippen LogP contribution in [0.5, 0.6) is 0 Å². The summed E-state index contributed by atoms with van der Waals surface area (Å²) in [5, 5.41) is 3.32. The van der Waals surface area contributed by atoms with Gasteiger partial charge in [-0.2, -0.15) is 0 Å². The first-order valence-electron chi connectivity index (χ1n) is 6.21. The van der Waals surface area contributed by atoms with E-state index in [0.29, 0.717) is 6.54 Å². The number of nitrogens with zero attached hydrogens (tertiary/aromatic N) is 2. The number of hydrogen-bond donors (Lipinski definition) is 1. The van der Waals surface area contributed by atoms with Crippen LogP contribution in [0, 0.1) is 6.92 Å². The van der Waals surface area contributed by atoms with Gasteiger partial charge in [0.1, 0.15) is 5.01 Å². The molecule has 0 fully saturated rings. The van der Waals surface area contributed by atoms with Gasteiger partial charge in [0.2, 0.25) is 0 Å². The number of rotatable bonds is 3. The zero-order chi connectivity index (χ0) is 13.3. The van der Waals surface area contributed by atoms with Crippen LogP contribution in [0.25, 0.3) is 0 Å². The van der Waals surface area contributed by atoms with Crippen molar-refractivity contribution in [3.63, 3.8) is 0 Å². The maximum atomic E-state index is 5.69. The third kappa shape index (κ3) is 2.65. The molecule has 2 N–H and O–H groups in total. The summed E-state index contributed by atoms with van der Waals surface area (Å²) in [6.45, 7) is 10.1. The highest BCUT2D eigenvalue weighted by Gasteiger charge is 2.17. The predicted octanol–water partition coefficient (Wildman–Crippen LogP) is 3.06. The van der Waals surface area contributed by atoms with Gasteiger partial charge in [0, 0.05) is 29.2 Å². The van der Waals surface area contributed by atoms with Gasteiger partial charge in [-0.3, -0.25) is 0 Å². The minimum atomic E-state index is 0.128. The summed E-state index contributed by atoms with van der Waals surface area (Å²) in [7, 11) is 0. The summed E-state index contributed by atoms with van der Waals surface area (Å²) >= 11 is 1.73. The molecular weight excluding hydrogens is 242 g/mol. The fourth-order valence-corrected chi connectivity index (χ4v) is 2.88. The van der Waals surface area contributed by atoms with Crippen LogP contribution in [0.2, 0.25) is 0 Å². The third-order valence-corrected chi connectivity index (χ3v) is 4.03. The molecule has 0 aliphatic rings. The van der Waals surface area contributed by atoms with Crippen LogP contribution in [-0.2, 0) is 18.5 Å². The summed E-state index contributed by atoms with van der Waals surface area (Å²) in [6.07, 6.45) is 2.09. The highest BCUT2D eigenvalue weighted by molar-refractivity contribution is 7.09. The molecule has 0 aliphatic carbocycles. The lowest BCUT2D eigenvalue weighted by atomic mass is 9.93. The van der Waals surface area contributed by atoms with Crippen molar-refractivity contribution in [1.82, 2.24) is 9.55 Å². The zero-order valence-electron chi connectivity index (χ0n) is 11.5. The molecule has 2 rings (SSSR count). The van der Waals surface area contributed by atoms with Gasteiger partial charge in [-0.25, -0.2) is 4.98 Å². The average molecular weight is 263 g/mol. The minimum absolute atomic E-state index is 0.128. The maximum absolute atomic E-state index is 5.69. The molecule has 0 radical (unpaired) electrons. The van der Waals surface area contributed by atoms with Crippen LogP contribution in [0.15, 0.2) is 17.6 Å². The van der Waals surface area contributed by atoms with Crippen molar-refractivity contribution in [2.75, 3.05) is 0 Å². The molecular formula is C14H21N3S. The molecule has 0 aliphatic heterocycles. The van der Waals surface area contributed by atoms with Gasteiger partial charge in [0.05, 0.1) is 12.2 Å². The Kier molecular flexibility index (Phi) is 3.59. The second-order valence-corrected chi connectivity index (χ2v) is 6.58. The second kappa shape index (κ2) is 4.86. The molecule has 0 atom stereocenters. The molecule has 0 unspecified atom stereocenters. The van der Waals surface area contributed by atoms with E-state index in [0.717, 1.165) is 11.6 Å². The Morgan fingerprint density at radius 1 is 1.39 bits per heavy atom. The molecule has 0 spiro atoms. The van der Waals surface area contributed by atoms with E-state index in [1.807, 2.05) is 0 Å². The summed E-state index contributed by atoms with van der Waals surface area (Å²) < 4.78 is 2.22. The van der Waals surface area contributed by atoms with E-state index in [4.69, 9.17) is 10.7 Å². The maximum Gasteiger partial charge on any atom is 0.113 e. The lowest BCUT2D eigenvalue weighted by Crippen LogP contribution is -2.12. The normalized spacial score (nSPS) is 12.1. The van der Waals surface area contributed by atoms with Crippen LogP contribution in [-0.4, -0.2) is 9.55 Å². The summed E-state index contributed by atoms with van der Waals surface area (Å²) in [4.78, 5) is 4.72. The van der Waals surface area contributed by atoms with E-state index >= 15 is 0 Å². The molecule has 2 aromatic heterocycles. The SMILES string of the molecule is Cc1c(CN)ccn1Cc1nc(C(C)(C)C)cs1. The summed E-state index contributed by atoms with van der Waals surface area (Å²) in [6, 6.07) is 2.09. The van der Waals surface area contributed by atoms with Crippen molar-refractivity contribution in [3.05, 3.63) is 39.6 Å². The number of aromatic nitrogens is 2. The Bertz CT molecular complexity index is 531. The van der Waals surface area contributed by atoms with Crippen molar-refractivity contribution in [2.45, 2.75) is 46.2 Å². The molecule has 0 amide bonds. The van der Waals surface area contributed by atoms with Gasteiger partial charge < -0.3 is 10.3 Å². The fraction of sp³-hybridized carbons (Fsp3) is 0.500. The fourth-order valence-electron chi connectivity index (χ4n) is 1.86. The smallest absolute Gasteiger partial charge is 0.113 e. The van der Waals surface area contributed by atoms with Gasteiger partial charge in [-0.05, 0) is 18.6 Å². The quantitative estimate of drug-likeness (QED) is 0.925. The van der Waals surface area contributed by atoms with Crippen LogP contribution in [0.4, 0.5) is 0 Å². The van der Waals surface area contributed by atoms with Gasteiger partial charge >= 0.3 is 0 Å². The highest BCUT2D eigenvalue weighted by Crippen LogP contribution is 2.24. The number of thiazole rings is 1. The molecule has 18 heavy (non-hydrogen) atoms. The standard InChI is InChI=1S/C14H21N3S/c1-10-11(7-15)5-6-17(10)8-13-16-12(9-18-13)14(2,3)4/h5-6,9H,7-8,15H2,1-4H3. The number of hydrogen-bond acceptors (Lipinski definition) is 3. The van der Waals surface area contributed by atoms with Crippen molar-refractivity contribution < 1.29 is 0 Å². The lowest BCUT2D eigenvalue weighted by molar-refractivity contribution is 0.569. The van der Waals surface area contributed by atoms with Gasteiger partial charge in [-0.15, -0.1) is 11.3 Å².